The number of nitrogens with zero attached hydrogens (tertiary/aromatic N) is 10. The van der Waals surface area contributed by atoms with Gasteiger partial charge in [0.15, 0.2) is 21.7 Å². The van der Waals surface area contributed by atoms with Gasteiger partial charge in [-0.25, -0.2) is 37.9 Å². The number of carbonyl (C=O) groups is 6. The third-order valence-electron chi connectivity index (χ3n) is 15.0. The van der Waals surface area contributed by atoms with E-state index in [1.165, 1.54) is 61.2 Å². The summed E-state index contributed by atoms with van der Waals surface area (Å²) >= 11 is 15.5. The van der Waals surface area contributed by atoms with Crippen molar-refractivity contribution >= 4 is 93.5 Å². The van der Waals surface area contributed by atoms with Crippen molar-refractivity contribution in [3.63, 3.8) is 0 Å². The number of amides is 4. The third-order valence-corrected chi connectivity index (χ3v) is 17.2. The van der Waals surface area contributed by atoms with E-state index < -0.39 is 82.8 Å². The summed E-state index contributed by atoms with van der Waals surface area (Å²) in [5.41, 5.74) is 0.756. The van der Waals surface area contributed by atoms with E-state index in [0.717, 1.165) is 12.1 Å². The van der Waals surface area contributed by atoms with Crippen molar-refractivity contribution < 1.29 is 57.2 Å². The number of ether oxygens (including phenoxy) is 2. The molecule has 0 aliphatic carbocycles. The smallest absolute Gasteiger partial charge is 0.338 e. The number of rotatable bonds is 12. The lowest BCUT2D eigenvalue weighted by Crippen LogP contribution is -2.62. The second-order valence-corrected chi connectivity index (χ2v) is 24.5. The van der Waals surface area contributed by atoms with Gasteiger partial charge in [0.2, 0.25) is 0 Å². The van der Waals surface area contributed by atoms with Gasteiger partial charge < -0.3 is 49.9 Å². The maximum absolute atomic E-state index is 13.9. The van der Waals surface area contributed by atoms with E-state index in [9.17, 15) is 47.8 Å². The van der Waals surface area contributed by atoms with E-state index in [0.29, 0.717) is 57.3 Å². The van der Waals surface area contributed by atoms with E-state index in [1.54, 1.807) is 52.6 Å². The molecule has 0 radical (unpaired) electrons. The first-order valence-electron chi connectivity index (χ1n) is 25.9. The Morgan fingerprint density at radius 1 is 0.646 bits per heavy atom. The highest BCUT2D eigenvalue weighted by atomic mass is 35.5. The molecule has 0 spiro atoms. The van der Waals surface area contributed by atoms with E-state index in [4.69, 9.17) is 42.7 Å². The number of carboxylic acids is 2. The average Bonchev–Trinajstić information content (AvgIpc) is 2.85. The molecule has 10 rings (SSSR count). The van der Waals surface area contributed by atoms with Gasteiger partial charge >= 0.3 is 35.9 Å². The second kappa shape index (κ2) is 23.6. The van der Waals surface area contributed by atoms with Gasteiger partial charge in [-0.1, -0.05) is 35.3 Å². The predicted octanol–water partition coefficient (Wildman–Crippen LogP) is 6.25. The van der Waals surface area contributed by atoms with Crippen LogP contribution in [0.1, 0.15) is 74.8 Å². The van der Waals surface area contributed by atoms with Gasteiger partial charge in [0.1, 0.15) is 35.8 Å². The minimum atomic E-state index is -1.08. The predicted molar refractivity (Wildman–Crippen MR) is 301 cm³/mol. The summed E-state index contributed by atoms with van der Waals surface area (Å²) in [6.45, 7) is 13.2. The number of fused-ring (bicyclic) bond motifs is 2. The molecule has 4 N–H and O–H groups in total. The Hall–Kier alpha value is -7.10. The molecule has 4 fully saturated rings. The molecule has 6 aliphatic rings. The number of esters is 2. The normalized spacial score (nSPS) is 23.3. The van der Waals surface area contributed by atoms with Crippen LogP contribution in [0.3, 0.4) is 0 Å². The molecule has 2 aromatic heterocycles. The molecule has 436 valence electrons. The summed E-state index contributed by atoms with van der Waals surface area (Å²) in [7, 11) is 2.47. The molecule has 2 aromatic carbocycles. The first-order chi connectivity index (χ1) is 38.8. The average molecular weight is 1210 g/mol. The number of hydrogen-bond acceptors (Lipinski definition) is 18. The lowest BCUT2D eigenvalue weighted by molar-refractivity contribution is -0.148. The highest BCUT2D eigenvalue weighted by molar-refractivity contribution is 7.12. The molecular weight excluding hydrogens is 1150 g/mol. The number of aliphatic carboxylic acids is 2. The zero-order valence-electron chi connectivity index (χ0n) is 45.9. The van der Waals surface area contributed by atoms with Crippen LogP contribution >= 0.6 is 45.9 Å². The van der Waals surface area contributed by atoms with Crippen LogP contribution in [0.25, 0.3) is 0 Å². The fraction of sp³-hybridized carbons (Fsp3) is 0.444. The first kappa shape index (κ1) is 59.5. The number of methoxy groups -OCH3 is 2. The van der Waals surface area contributed by atoms with E-state index in [-0.39, 0.29) is 72.5 Å². The Labute approximate surface area is 488 Å². The maximum Gasteiger partial charge on any atom is 0.338 e. The minimum Gasteiger partial charge on any atom is -0.480 e. The molecule has 0 saturated carbocycles. The topological polar surface area (TPSA) is 255 Å². The van der Waals surface area contributed by atoms with Crippen LogP contribution in [0.15, 0.2) is 92.1 Å². The fourth-order valence-electron chi connectivity index (χ4n) is 11.1. The molecule has 28 heteroatoms. The van der Waals surface area contributed by atoms with E-state index in [2.05, 4.69) is 20.6 Å². The second-order valence-electron chi connectivity index (χ2n) is 21.9. The molecule has 82 heavy (non-hydrogen) atoms. The standard InChI is InChI=1S/2C27H30ClFN6O5S/c2*1-27(2,3)35-13-18-21(24(36)37)33(8-9-34(18)26(35)39)12-17-19(25(38)40-4)20(15-6-5-14(29)11-16(15)28)32-22(31-17)23-30-7-10-41-23/h2*5-7,10-11,18,20-21H,8-9,12-13H2,1-4H3,(H,31,32)(H,36,37)/t18-,20+,21+;18-,20-,21+/m10/s1. The van der Waals surface area contributed by atoms with Crippen molar-refractivity contribution in [2.24, 2.45) is 9.98 Å². The van der Waals surface area contributed by atoms with Crippen molar-refractivity contribution in [3.05, 3.63) is 125 Å². The van der Waals surface area contributed by atoms with Crippen LogP contribution in [0.4, 0.5) is 18.4 Å². The lowest BCUT2D eigenvalue weighted by Gasteiger charge is -2.42. The summed E-state index contributed by atoms with van der Waals surface area (Å²) in [6.07, 6.45) is 3.22. The quantitative estimate of drug-likeness (QED) is 0.114. The minimum absolute atomic E-state index is 0.00908. The summed E-state index contributed by atoms with van der Waals surface area (Å²) in [5.74, 6) is -3.92. The molecule has 4 saturated heterocycles. The number of halogens is 4. The fourth-order valence-corrected chi connectivity index (χ4v) is 12.8. The largest absolute Gasteiger partial charge is 0.480 e. The van der Waals surface area contributed by atoms with Gasteiger partial charge in [-0.2, -0.15) is 0 Å². The van der Waals surface area contributed by atoms with Crippen molar-refractivity contribution in [1.82, 2.24) is 50.0 Å². The summed E-state index contributed by atoms with van der Waals surface area (Å²) in [5, 5.41) is 31.9. The molecule has 4 amide bonds. The lowest BCUT2D eigenvalue weighted by atomic mass is 9.94. The monoisotopic (exact) mass is 1210 g/mol. The van der Waals surface area contributed by atoms with Crippen LogP contribution in [-0.4, -0.2) is 199 Å². The molecular formula is C54H60Cl2F2N12O10S2. The zero-order valence-corrected chi connectivity index (χ0v) is 49.0. The Kier molecular flexibility index (Phi) is 17.2. The Morgan fingerprint density at radius 3 is 1.33 bits per heavy atom. The van der Waals surface area contributed by atoms with Crippen molar-refractivity contribution in [1.29, 1.82) is 0 Å². The van der Waals surface area contributed by atoms with Gasteiger partial charge in [-0.3, -0.25) is 29.4 Å². The number of aromatic nitrogens is 2. The van der Waals surface area contributed by atoms with Gasteiger partial charge in [0, 0.05) is 119 Å². The third kappa shape index (κ3) is 11.8. The number of urea groups is 2. The maximum atomic E-state index is 13.9. The summed E-state index contributed by atoms with van der Waals surface area (Å²) in [6, 6.07) is 2.08. The highest BCUT2D eigenvalue weighted by Crippen LogP contribution is 2.41. The molecule has 4 aromatic rings. The number of carboxylic acid groups (broad SMARTS) is 2. The number of benzene rings is 2. The Balaban J connectivity index is 0.000000198. The van der Waals surface area contributed by atoms with Crippen molar-refractivity contribution in [3.8, 4) is 0 Å². The molecule has 6 aliphatic heterocycles. The number of thiazole rings is 2. The van der Waals surface area contributed by atoms with E-state index in [1.807, 2.05) is 41.5 Å². The molecule has 22 nitrogen and oxygen atoms in total. The number of aliphatic imine (C=N–C) groups is 2. The number of carbonyl (C=O) groups excluding carboxylic acids is 4. The summed E-state index contributed by atoms with van der Waals surface area (Å²) < 4.78 is 38.1. The molecule has 6 atom stereocenters. The van der Waals surface area contributed by atoms with Crippen molar-refractivity contribution in [2.75, 3.05) is 66.6 Å². The zero-order chi connectivity index (χ0) is 59.3. The number of piperazine rings is 2. The van der Waals surface area contributed by atoms with Crippen LogP contribution in [0.5, 0.6) is 0 Å². The number of hydrogen-bond donors (Lipinski definition) is 4. The van der Waals surface area contributed by atoms with Crippen LogP contribution < -0.4 is 10.6 Å². The highest BCUT2D eigenvalue weighted by Gasteiger charge is 2.54. The van der Waals surface area contributed by atoms with Gasteiger partial charge in [0.25, 0.3) is 0 Å². The Morgan fingerprint density at radius 2 is 1.02 bits per heavy atom. The SMILES string of the molecule is COC(=O)C1=C(CN2CCN3C(=O)N(C(C)(C)C)C[C@@H]3[C@H]2C(=O)O)NC(c2nccs2)=N[C@H]1c1ccc(F)cc1Cl.COC(=O)C1=C(CN2CCN3C(=O)N(C(C)(C)C)C[C@H]3[C@@H]2C(=O)O)NC(c2nccs2)=N[C@H]1c1ccc(F)cc1Cl. The molecule has 0 unspecified atom stereocenters. The van der Waals surface area contributed by atoms with Crippen LogP contribution in [-0.2, 0) is 28.7 Å². The molecule has 8 heterocycles. The van der Waals surface area contributed by atoms with Crippen LogP contribution in [0, 0.1) is 11.6 Å². The molecule has 0 bridgehead atoms. The van der Waals surface area contributed by atoms with Gasteiger partial charge in [0.05, 0.1) is 37.4 Å². The number of nitrogens with one attached hydrogen (secondary N) is 2. The van der Waals surface area contributed by atoms with Gasteiger partial charge in [-0.05, 0) is 65.8 Å². The van der Waals surface area contributed by atoms with Gasteiger partial charge in [-0.15, -0.1) is 22.7 Å². The van der Waals surface area contributed by atoms with Crippen molar-refractivity contribution in [2.45, 2.75) is 88.9 Å². The Bertz CT molecular complexity index is 3100. The van der Waals surface area contributed by atoms with E-state index >= 15 is 0 Å². The van der Waals surface area contributed by atoms with Crippen LogP contribution in [0.2, 0.25) is 10.0 Å². The summed E-state index contributed by atoms with van der Waals surface area (Å²) in [4.78, 5) is 106. The number of amidine groups is 2. The first-order valence-corrected chi connectivity index (χ1v) is 28.4.